The van der Waals surface area contributed by atoms with Crippen molar-refractivity contribution in [3.05, 3.63) is 99.9 Å². The van der Waals surface area contributed by atoms with Crippen LogP contribution >= 0.6 is 0 Å². The molecule has 0 aliphatic heterocycles. The van der Waals surface area contributed by atoms with Crippen LogP contribution in [0.3, 0.4) is 0 Å². The molecule has 0 aromatic heterocycles. The Bertz CT molecular complexity index is 1140. The highest BCUT2D eigenvalue weighted by Crippen LogP contribution is 2.18. The van der Waals surface area contributed by atoms with Crippen LogP contribution in [0, 0.1) is 15.9 Å². The number of benzene rings is 3. The van der Waals surface area contributed by atoms with Crippen LogP contribution in [-0.2, 0) is 4.79 Å². The molecule has 31 heavy (non-hydrogen) atoms. The van der Waals surface area contributed by atoms with Crippen molar-refractivity contribution in [2.75, 3.05) is 0 Å². The Labute approximate surface area is 176 Å². The van der Waals surface area contributed by atoms with Gasteiger partial charge in [0.15, 0.2) is 5.84 Å². The largest absolute Gasteiger partial charge is 0.427 e. The van der Waals surface area contributed by atoms with Crippen LogP contribution in [-0.4, -0.2) is 22.9 Å². The fourth-order valence-electron chi connectivity index (χ4n) is 2.52. The van der Waals surface area contributed by atoms with Gasteiger partial charge < -0.3 is 4.74 Å². The Balaban J connectivity index is 1.88. The lowest BCUT2D eigenvalue weighted by Crippen LogP contribution is -2.19. The molecule has 0 aliphatic rings. The number of halogens is 1. The molecule has 0 radical (unpaired) electrons. The van der Waals surface area contributed by atoms with Gasteiger partial charge in [0.2, 0.25) is 0 Å². The first-order chi connectivity index (χ1) is 14.9. The number of carbonyl (C=O) groups is 1. The standard InChI is InChI=1S/C22H17FN4O4/c1-15(28)31-21-4-2-3-17(13-21)22(25-19-9-7-18(23)8-10-19)26-24-14-16-5-11-20(12-6-16)27(29)30/h2-14H,1H3,(H,25,26)/b24-14+. The van der Waals surface area contributed by atoms with Crippen LogP contribution in [0.15, 0.2) is 82.9 Å². The molecule has 0 aliphatic carbocycles. The van der Waals surface area contributed by atoms with Gasteiger partial charge in [-0.15, -0.1) is 0 Å². The van der Waals surface area contributed by atoms with Crippen molar-refractivity contribution < 1.29 is 18.8 Å². The summed E-state index contributed by atoms with van der Waals surface area (Å²) < 4.78 is 18.3. The van der Waals surface area contributed by atoms with Gasteiger partial charge >= 0.3 is 5.97 Å². The molecule has 1 N–H and O–H groups in total. The Morgan fingerprint density at radius 2 is 1.81 bits per heavy atom. The molecule has 0 unspecified atom stereocenters. The number of amidine groups is 1. The van der Waals surface area contributed by atoms with Crippen molar-refractivity contribution in [2.24, 2.45) is 10.1 Å². The molecular weight excluding hydrogens is 403 g/mol. The quantitative estimate of drug-likeness (QED) is 0.159. The molecule has 0 spiro atoms. The van der Waals surface area contributed by atoms with Crippen LogP contribution < -0.4 is 10.2 Å². The first-order valence-electron chi connectivity index (χ1n) is 9.07. The van der Waals surface area contributed by atoms with Crippen molar-refractivity contribution in [2.45, 2.75) is 6.92 Å². The first kappa shape index (κ1) is 21.3. The molecule has 0 saturated carbocycles. The summed E-state index contributed by atoms with van der Waals surface area (Å²) in [5.74, 6) is -0.198. The van der Waals surface area contributed by atoms with Crippen LogP contribution in [0.2, 0.25) is 0 Å². The molecule has 9 heteroatoms. The number of rotatable bonds is 6. The molecule has 156 valence electrons. The van der Waals surface area contributed by atoms with E-state index in [4.69, 9.17) is 4.74 Å². The van der Waals surface area contributed by atoms with Crippen molar-refractivity contribution in [1.82, 2.24) is 5.43 Å². The fourth-order valence-corrected chi connectivity index (χ4v) is 2.52. The Kier molecular flexibility index (Phi) is 6.79. The minimum atomic E-state index is -0.483. The number of nitrogens with zero attached hydrogens (tertiary/aromatic N) is 3. The average molecular weight is 420 g/mol. The third-order valence-electron chi connectivity index (χ3n) is 3.92. The summed E-state index contributed by atoms with van der Waals surface area (Å²) in [6.07, 6.45) is 1.47. The molecule has 0 bridgehead atoms. The van der Waals surface area contributed by atoms with E-state index in [0.717, 1.165) is 0 Å². The summed E-state index contributed by atoms with van der Waals surface area (Å²) in [4.78, 5) is 26.0. The summed E-state index contributed by atoms with van der Waals surface area (Å²) in [6, 6.07) is 18.1. The average Bonchev–Trinajstić information content (AvgIpc) is 2.74. The molecule has 0 saturated heterocycles. The molecule has 3 aromatic carbocycles. The van der Waals surface area contributed by atoms with E-state index in [-0.39, 0.29) is 11.5 Å². The maximum atomic E-state index is 13.2. The highest BCUT2D eigenvalue weighted by atomic mass is 19.1. The molecule has 3 rings (SSSR count). The van der Waals surface area contributed by atoms with E-state index in [0.29, 0.717) is 28.4 Å². The molecule has 8 nitrogen and oxygen atoms in total. The lowest BCUT2D eigenvalue weighted by Gasteiger charge is -2.08. The maximum absolute atomic E-state index is 13.2. The van der Waals surface area contributed by atoms with Crippen molar-refractivity contribution >= 4 is 29.4 Å². The smallest absolute Gasteiger partial charge is 0.308 e. The first-order valence-corrected chi connectivity index (χ1v) is 9.07. The molecule has 0 atom stereocenters. The normalized spacial score (nSPS) is 11.4. The lowest BCUT2D eigenvalue weighted by atomic mass is 10.2. The van der Waals surface area contributed by atoms with Gasteiger partial charge in [0.25, 0.3) is 5.69 Å². The van der Waals surface area contributed by atoms with E-state index < -0.39 is 10.9 Å². The fraction of sp³-hybridized carbons (Fsp3) is 0.0455. The topological polar surface area (TPSA) is 106 Å². The Morgan fingerprint density at radius 3 is 2.45 bits per heavy atom. The summed E-state index contributed by atoms with van der Waals surface area (Å²) >= 11 is 0. The zero-order valence-electron chi connectivity index (χ0n) is 16.4. The van der Waals surface area contributed by atoms with E-state index in [9.17, 15) is 19.3 Å². The SMILES string of the molecule is CC(=O)Oc1cccc(C(=Nc2ccc(F)cc2)N/N=C/c2ccc([N+](=O)[O-])cc2)c1. The zero-order valence-corrected chi connectivity index (χ0v) is 16.4. The van der Waals surface area contributed by atoms with Gasteiger partial charge in [0.1, 0.15) is 11.6 Å². The van der Waals surface area contributed by atoms with Crippen LogP contribution in [0.25, 0.3) is 0 Å². The van der Waals surface area contributed by atoms with Crippen molar-refractivity contribution in [3.63, 3.8) is 0 Å². The predicted molar refractivity (Wildman–Crippen MR) is 114 cm³/mol. The monoisotopic (exact) mass is 420 g/mol. The van der Waals surface area contributed by atoms with E-state index in [1.165, 1.54) is 49.5 Å². The second kappa shape index (κ2) is 9.88. The van der Waals surface area contributed by atoms with Crippen LogP contribution in [0.4, 0.5) is 15.8 Å². The second-order valence-electron chi connectivity index (χ2n) is 6.28. The van der Waals surface area contributed by atoms with Gasteiger partial charge in [-0.2, -0.15) is 5.10 Å². The maximum Gasteiger partial charge on any atom is 0.308 e. The van der Waals surface area contributed by atoms with Gasteiger partial charge in [-0.05, 0) is 54.1 Å². The number of esters is 1. The number of hydrogen-bond acceptors (Lipinski definition) is 6. The number of nitro groups is 1. The third kappa shape index (κ3) is 6.29. The number of hydrazone groups is 1. The summed E-state index contributed by atoms with van der Waals surface area (Å²) in [5, 5.41) is 14.9. The highest BCUT2D eigenvalue weighted by Gasteiger charge is 2.07. The van der Waals surface area contributed by atoms with E-state index >= 15 is 0 Å². The number of non-ortho nitro benzene ring substituents is 1. The minimum Gasteiger partial charge on any atom is -0.427 e. The summed E-state index contributed by atoms with van der Waals surface area (Å²) in [6.45, 7) is 1.30. The van der Waals surface area contributed by atoms with E-state index in [1.807, 2.05) is 0 Å². The molecule has 0 fully saturated rings. The predicted octanol–water partition coefficient (Wildman–Crippen LogP) is 4.36. The molecule has 0 amide bonds. The number of aliphatic imine (C=N–C) groups is 1. The van der Waals surface area contributed by atoms with Gasteiger partial charge in [0, 0.05) is 24.6 Å². The summed E-state index contributed by atoms with van der Waals surface area (Å²) in [5.41, 5.74) is 4.48. The third-order valence-corrected chi connectivity index (χ3v) is 3.92. The summed E-state index contributed by atoms with van der Waals surface area (Å²) in [7, 11) is 0. The number of nitro benzene ring substituents is 1. The van der Waals surface area contributed by atoms with Crippen molar-refractivity contribution in [3.8, 4) is 5.75 Å². The number of hydrogen-bond donors (Lipinski definition) is 1. The van der Waals surface area contributed by atoms with Crippen molar-refractivity contribution in [1.29, 1.82) is 0 Å². The number of nitrogens with one attached hydrogen (secondary N) is 1. The van der Waals surface area contributed by atoms with Gasteiger partial charge in [-0.3, -0.25) is 20.3 Å². The Hall–Kier alpha value is -4.40. The van der Waals surface area contributed by atoms with Crippen LogP contribution in [0.1, 0.15) is 18.1 Å². The van der Waals surface area contributed by atoms with Gasteiger partial charge in [-0.25, -0.2) is 9.38 Å². The number of carbonyl (C=O) groups excluding carboxylic acids is 1. The van der Waals surface area contributed by atoms with E-state index in [1.54, 1.807) is 36.4 Å². The molecule has 0 heterocycles. The van der Waals surface area contributed by atoms with Gasteiger partial charge in [-0.1, -0.05) is 12.1 Å². The van der Waals surface area contributed by atoms with Crippen LogP contribution in [0.5, 0.6) is 5.75 Å². The highest BCUT2D eigenvalue weighted by molar-refractivity contribution is 6.01. The lowest BCUT2D eigenvalue weighted by molar-refractivity contribution is -0.384. The Morgan fingerprint density at radius 1 is 1.10 bits per heavy atom. The molecule has 3 aromatic rings. The second-order valence-corrected chi connectivity index (χ2v) is 6.28. The zero-order chi connectivity index (χ0) is 22.2. The number of ether oxygens (including phenoxy) is 1. The minimum absolute atomic E-state index is 0.0223. The van der Waals surface area contributed by atoms with Gasteiger partial charge in [0.05, 0.1) is 16.8 Å². The van der Waals surface area contributed by atoms with E-state index in [2.05, 4.69) is 15.5 Å². The molecular formula is C22H17FN4O4.